The number of benzene rings is 1. The summed E-state index contributed by atoms with van der Waals surface area (Å²) < 4.78 is 5.80. The minimum Gasteiger partial charge on any atom is -0.453 e. The van der Waals surface area contributed by atoms with E-state index in [1.165, 1.54) is 0 Å². The molecule has 4 nitrogen and oxygen atoms in total. The van der Waals surface area contributed by atoms with Crippen molar-refractivity contribution in [1.82, 2.24) is 9.97 Å². The van der Waals surface area contributed by atoms with Crippen molar-refractivity contribution >= 4 is 28.4 Å². The van der Waals surface area contributed by atoms with E-state index in [-0.39, 0.29) is 5.92 Å². The monoisotopic (exact) mass is 287 g/mol. The molecule has 3 rings (SSSR count). The van der Waals surface area contributed by atoms with Crippen LogP contribution in [0.25, 0.3) is 22.4 Å². The SMILES string of the molecule is CC(C)c1nc(N)cc(-c2cc3cccc(Cl)c3o2)n1. The van der Waals surface area contributed by atoms with Crippen molar-refractivity contribution in [1.29, 1.82) is 0 Å². The summed E-state index contributed by atoms with van der Waals surface area (Å²) in [5.74, 6) is 1.98. The Labute approximate surface area is 121 Å². The Morgan fingerprint density at radius 3 is 2.70 bits per heavy atom. The van der Waals surface area contributed by atoms with Gasteiger partial charge in [-0.05, 0) is 12.1 Å². The van der Waals surface area contributed by atoms with Gasteiger partial charge in [-0.25, -0.2) is 9.97 Å². The maximum atomic E-state index is 6.12. The van der Waals surface area contributed by atoms with Crippen molar-refractivity contribution in [2.75, 3.05) is 5.73 Å². The smallest absolute Gasteiger partial charge is 0.154 e. The van der Waals surface area contributed by atoms with E-state index in [0.29, 0.717) is 33.7 Å². The van der Waals surface area contributed by atoms with E-state index in [9.17, 15) is 0 Å². The second-order valence-corrected chi connectivity index (χ2v) is 5.37. The number of nitrogens with two attached hydrogens (primary N) is 1. The number of hydrogen-bond donors (Lipinski definition) is 1. The molecular weight excluding hydrogens is 274 g/mol. The summed E-state index contributed by atoms with van der Waals surface area (Å²) >= 11 is 6.12. The number of rotatable bonds is 2. The average Bonchev–Trinajstić information content (AvgIpc) is 2.83. The number of nitrogen functional groups attached to an aromatic ring is 1. The number of halogens is 1. The quantitative estimate of drug-likeness (QED) is 0.765. The molecule has 2 N–H and O–H groups in total. The summed E-state index contributed by atoms with van der Waals surface area (Å²) in [5, 5.41) is 1.52. The lowest BCUT2D eigenvalue weighted by molar-refractivity contribution is 0.626. The molecule has 5 heteroatoms. The van der Waals surface area contributed by atoms with Gasteiger partial charge in [0.15, 0.2) is 11.3 Å². The zero-order chi connectivity index (χ0) is 14.3. The van der Waals surface area contributed by atoms with Gasteiger partial charge in [-0.3, -0.25) is 0 Å². The predicted octanol–water partition coefficient (Wildman–Crippen LogP) is 4.25. The Morgan fingerprint density at radius 2 is 2.00 bits per heavy atom. The highest BCUT2D eigenvalue weighted by Crippen LogP contribution is 2.32. The van der Waals surface area contributed by atoms with E-state index in [4.69, 9.17) is 21.8 Å². The molecule has 2 aromatic heterocycles. The second kappa shape index (κ2) is 4.80. The topological polar surface area (TPSA) is 64.9 Å². The van der Waals surface area contributed by atoms with Crippen LogP contribution in [0.3, 0.4) is 0 Å². The second-order valence-electron chi connectivity index (χ2n) is 4.96. The van der Waals surface area contributed by atoms with Gasteiger partial charge in [0.1, 0.15) is 17.3 Å². The molecule has 0 aliphatic heterocycles. The Bertz CT molecular complexity index is 780. The normalized spacial score (nSPS) is 11.4. The number of aromatic nitrogens is 2. The minimum atomic E-state index is 0.199. The van der Waals surface area contributed by atoms with E-state index >= 15 is 0 Å². The lowest BCUT2D eigenvalue weighted by atomic mass is 10.2. The molecule has 0 amide bonds. The maximum absolute atomic E-state index is 6.12. The van der Waals surface area contributed by atoms with Crippen molar-refractivity contribution in [2.45, 2.75) is 19.8 Å². The van der Waals surface area contributed by atoms with Gasteiger partial charge in [-0.2, -0.15) is 0 Å². The van der Waals surface area contributed by atoms with E-state index in [0.717, 1.165) is 5.39 Å². The standard InChI is InChI=1S/C15H14ClN3O/c1-8(2)15-18-11(7-13(17)19-15)12-6-9-4-3-5-10(16)14(9)20-12/h3-8H,1-2H3,(H2,17,18,19). The first-order chi connectivity index (χ1) is 9.54. The van der Waals surface area contributed by atoms with Crippen LogP contribution >= 0.6 is 11.6 Å². The molecule has 20 heavy (non-hydrogen) atoms. The summed E-state index contributed by atoms with van der Waals surface area (Å²) in [6, 6.07) is 9.25. The third-order valence-electron chi connectivity index (χ3n) is 3.03. The highest BCUT2D eigenvalue weighted by Gasteiger charge is 2.13. The molecule has 0 atom stereocenters. The van der Waals surface area contributed by atoms with Gasteiger partial charge >= 0.3 is 0 Å². The molecule has 102 valence electrons. The maximum Gasteiger partial charge on any atom is 0.154 e. The third kappa shape index (κ3) is 2.23. The third-order valence-corrected chi connectivity index (χ3v) is 3.33. The molecule has 0 spiro atoms. The number of anilines is 1. The van der Waals surface area contributed by atoms with E-state index in [1.807, 2.05) is 32.0 Å². The molecule has 0 fully saturated rings. The van der Waals surface area contributed by atoms with Gasteiger partial charge < -0.3 is 10.2 Å². The van der Waals surface area contributed by atoms with Crippen molar-refractivity contribution in [3.05, 3.63) is 41.2 Å². The molecule has 0 bridgehead atoms. The van der Waals surface area contributed by atoms with Gasteiger partial charge in [0.2, 0.25) is 0 Å². The van der Waals surface area contributed by atoms with Gasteiger partial charge in [-0.1, -0.05) is 37.6 Å². The largest absolute Gasteiger partial charge is 0.453 e. The molecule has 1 aromatic carbocycles. The Morgan fingerprint density at radius 1 is 1.20 bits per heavy atom. The van der Waals surface area contributed by atoms with Gasteiger partial charge in [0.05, 0.1) is 5.02 Å². The number of para-hydroxylation sites is 1. The van der Waals surface area contributed by atoms with Crippen LogP contribution in [0, 0.1) is 0 Å². The fourth-order valence-electron chi connectivity index (χ4n) is 2.02. The van der Waals surface area contributed by atoms with E-state index < -0.39 is 0 Å². The van der Waals surface area contributed by atoms with Crippen LogP contribution in [-0.2, 0) is 0 Å². The zero-order valence-corrected chi connectivity index (χ0v) is 12.0. The molecule has 0 saturated carbocycles. The molecule has 0 radical (unpaired) electrons. The molecule has 0 aliphatic carbocycles. The van der Waals surface area contributed by atoms with Gasteiger partial charge in [-0.15, -0.1) is 0 Å². The number of nitrogens with zero attached hydrogens (tertiary/aromatic N) is 2. The summed E-state index contributed by atoms with van der Waals surface area (Å²) in [7, 11) is 0. The van der Waals surface area contributed by atoms with Crippen molar-refractivity contribution in [2.24, 2.45) is 0 Å². The van der Waals surface area contributed by atoms with Crippen LogP contribution in [0.2, 0.25) is 5.02 Å². The summed E-state index contributed by atoms with van der Waals surface area (Å²) in [4.78, 5) is 8.73. The number of fused-ring (bicyclic) bond motifs is 1. The molecule has 3 aromatic rings. The first-order valence-electron chi connectivity index (χ1n) is 6.37. The molecule has 2 heterocycles. The predicted molar refractivity (Wildman–Crippen MR) is 80.8 cm³/mol. The number of furan rings is 1. The van der Waals surface area contributed by atoms with Crippen LogP contribution in [0.4, 0.5) is 5.82 Å². The first kappa shape index (κ1) is 12.9. The molecule has 0 aliphatic rings. The summed E-state index contributed by atoms with van der Waals surface area (Å²) in [6.45, 7) is 4.04. The Balaban J connectivity index is 2.17. The van der Waals surface area contributed by atoms with Crippen LogP contribution < -0.4 is 5.73 Å². The van der Waals surface area contributed by atoms with Crippen molar-refractivity contribution in [3.8, 4) is 11.5 Å². The fraction of sp³-hybridized carbons (Fsp3) is 0.200. The Kier molecular flexibility index (Phi) is 3.10. The Hall–Kier alpha value is -2.07. The zero-order valence-electron chi connectivity index (χ0n) is 11.2. The lowest BCUT2D eigenvalue weighted by Gasteiger charge is -2.06. The van der Waals surface area contributed by atoms with Crippen LogP contribution in [0.5, 0.6) is 0 Å². The van der Waals surface area contributed by atoms with Crippen LogP contribution in [0.15, 0.2) is 34.7 Å². The van der Waals surface area contributed by atoms with E-state index in [2.05, 4.69) is 9.97 Å². The average molecular weight is 288 g/mol. The summed E-state index contributed by atoms with van der Waals surface area (Å²) in [6.07, 6.45) is 0. The van der Waals surface area contributed by atoms with E-state index in [1.54, 1.807) is 12.1 Å². The summed E-state index contributed by atoms with van der Waals surface area (Å²) in [5.41, 5.74) is 7.17. The highest BCUT2D eigenvalue weighted by atomic mass is 35.5. The highest BCUT2D eigenvalue weighted by molar-refractivity contribution is 6.34. The number of hydrogen-bond acceptors (Lipinski definition) is 4. The molecule has 0 unspecified atom stereocenters. The van der Waals surface area contributed by atoms with Gasteiger partial charge in [0, 0.05) is 17.4 Å². The minimum absolute atomic E-state index is 0.199. The molecule has 0 saturated heterocycles. The molecular formula is C15H14ClN3O. The first-order valence-corrected chi connectivity index (χ1v) is 6.75. The van der Waals surface area contributed by atoms with Crippen molar-refractivity contribution < 1.29 is 4.42 Å². The van der Waals surface area contributed by atoms with Gasteiger partial charge in [0.25, 0.3) is 0 Å². The van der Waals surface area contributed by atoms with Crippen molar-refractivity contribution in [3.63, 3.8) is 0 Å². The lowest BCUT2D eigenvalue weighted by Crippen LogP contribution is -2.02. The fourth-order valence-corrected chi connectivity index (χ4v) is 2.24. The van der Waals surface area contributed by atoms with Crippen LogP contribution in [-0.4, -0.2) is 9.97 Å². The van der Waals surface area contributed by atoms with Crippen LogP contribution in [0.1, 0.15) is 25.6 Å².